The number of nitrogens with one attached hydrogen (secondary N) is 2. The fraction of sp³-hybridized carbons (Fsp3) is 0.154. The fourth-order valence-corrected chi connectivity index (χ4v) is 2.58. The van der Waals surface area contributed by atoms with Gasteiger partial charge in [0.2, 0.25) is 0 Å². The second-order valence-corrected chi connectivity index (χ2v) is 5.20. The first kappa shape index (κ1) is 11.1. The van der Waals surface area contributed by atoms with Crippen LogP contribution in [0.1, 0.15) is 10.4 Å². The Hall–Kier alpha value is -2.01. The number of rotatable bonds is 3. The molecule has 0 bridgehead atoms. The van der Waals surface area contributed by atoms with Gasteiger partial charge in [-0.15, -0.1) is 11.3 Å². The number of aryl methyl sites for hydroxylation is 1. The van der Waals surface area contributed by atoms with Crippen LogP contribution in [0.5, 0.6) is 0 Å². The molecule has 0 amide bonds. The number of benzene rings is 1. The van der Waals surface area contributed by atoms with E-state index in [-0.39, 0.29) is 0 Å². The molecule has 0 aliphatic rings. The van der Waals surface area contributed by atoms with E-state index in [4.69, 9.17) is 4.42 Å². The smallest absolute Gasteiger partial charge is 0.408 e. The van der Waals surface area contributed by atoms with Crippen LogP contribution in [-0.2, 0) is 6.54 Å². The van der Waals surface area contributed by atoms with Gasteiger partial charge >= 0.3 is 5.76 Å². The molecule has 0 fully saturated rings. The molecule has 2 aromatic heterocycles. The molecule has 0 unspecified atom stereocenters. The van der Waals surface area contributed by atoms with E-state index in [0.717, 1.165) is 12.2 Å². The standard InChI is InChI=1S/C13H12N2O2S/c1-8-9(4-5-18-8)7-14-10-2-3-12-11(6-10)15-13(16)17-12/h2-6,14H,7H2,1H3,(H,15,16). The van der Waals surface area contributed by atoms with Gasteiger partial charge in [0.25, 0.3) is 0 Å². The fourth-order valence-electron chi connectivity index (χ4n) is 1.85. The third-order valence-electron chi connectivity index (χ3n) is 2.87. The van der Waals surface area contributed by atoms with Crippen molar-refractivity contribution in [2.24, 2.45) is 0 Å². The maximum atomic E-state index is 11.0. The quantitative estimate of drug-likeness (QED) is 0.760. The Labute approximate surface area is 107 Å². The van der Waals surface area contributed by atoms with E-state index < -0.39 is 5.76 Å². The van der Waals surface area contributed by atoms with Crippen molar-refractivity contribution in [3.05, 3.63) is 50.6 Å². The lowest BCUT2D eigenvalue weighted by Gasteiger charge is -2.05. The highest BCUT2D eigenvalue weighted by molar-refractivity contribution is 7.10. The normalized spacial score (nSPS) is 10.9. The van der Waals surface area contributed by atoms with Crippen LogP contribution in [0.3, 0.4) is 0 Å². The van der Waals surface area contributed by atoms with Crippen LogP contribution in [0.2, 0.25) is 0 Å². The molecule has 3 aromatic rings. The summed E-state index contributed by atoms with van der Waals surface area (Å²) in [6, 6.07) is 7.68. The van der Waals surface area contributed by atoms with Gasteiger partial charge in [-0.05, 0) is 42.1 Å². The van der Waals surface area contributed by atoms with Gasteiger partial charge in [-0.3, -0.25) is 4.98 Å². The summed E-state index contributed by atoms with van der Waals surface area (Å²) in [4.78, 5) is 15.0. The molecule has 2 heterocycles. The van der Waals surface area contributed by atoms with Gasteiger partial charge in [-0.2, -0.15) is 0 Å². The predicted octanol–water partition coefficient (Wildman–Crippen LogP) is 3.10. The van der Waals surface area contributed by atoms with Gasteiger partial charge in [-0.1, -0.05) is 0 Å². The summed E-state index contributed by atoms with van der Waals surface area (Å²) in [5, 5.41) is 5.42. The van der Waals surface area contributed by atoms with Gasteiger partial charge in [0.05, 0.1) is 5.52 Å². The van der Waals surface area contributed by atoms with Gasteiger partial charge in [-0.25, -0.2) is 4.79 Å². The molecule has 0 aliphatic heterocycles. The predicted molar refractivity (Wildman–Crippen MR) is 73.2 cm³/mol. The van der Waals surface area contributed by atoms with E-state index in [9.17, 15) is 4.79 Å². The second-order valence-electron chi connectivity index (χ2n) is 4.08. The van der Waals surface area contributed by atoms with Crippen molar-refractivity contribution in [3.63, 3.8) is 0 Å². The molecule has 0 saturated heterocycles. The number of anilines is 1. The number of fused-ring (bicyclic) bond motifs is 1. The molecule has 0 aliphatic carbocycles. The van der Waals surface area contributed by atoms with Crippen molar-refractivity contribution >= 4 is 28.1 Å². The Morgan fingerprint density at radius 2 is 2.28 bits per heavy atom. The number of H-pyrrole nitrogens is 1. The first-order valence-corrected chi connectivity index (χ1v) is 6.50. The van der Waals surface area contributed by atoms with E-state index >= 15 is 0 Å². The molecule has 92 valence electrons. The average molecular weight is 260 g/mol. The highest BCUT2D eigenvalue weighted by atomic mass is 32.1. The van der Waals surface area contributed by atoms with Gasteiger partial charge in [0.15, 0.2) is 5.58 Å². The van der Waals surface area contributed by atoms with Gasteiger partial charge in [0.1, 0.15) is 0 Å². The highest BCUT2D eigenvalue weighted by Gasteiger charge is 2.03. The maximum Gasteiger partial charge on any atom is 0.417 e. The van der Waals surface area contributed by atoms with Crippen molar-refractivity contribution < 1.29 is 4.42 Å². The Morgan fingerprint density at radius 1 is 1.39 bits per heavy atom. The second kappa shape index (κ2) is 4.34. The van der Waals surface area contributed by atoms with Crippen LogP contribution in [0.4, 0.5) is 5.69 Å². The first-order valence-electron chi connectivity index (χ1n) is 5.62. The van der Waals surface area contributed by atoms with Gasteiger partial charge < -0.3 is 9.73 Å². The number of aromatic nitrogens is 1. The molecule has 18 heavy (non-hydrogen) atoms. The number of hydrogen-bond donors (Lipinski definition) is 2. The maximum absolute atomic E-state index is 11.0. The molecule has 4 nitrogen and oxygen atoms in total. The third-order valence-corrected chi connectivity index (χ3v) is 3.76. The van der Waals surface area contributed by atoms with Crippen molar-refractivity contribution in [1.82, 2.24) is 4.98 Å². The van der Waals surface area contributed by atoms with Crippen LogP contribution < -0.4 is 11.1 Å². The zero-order chi connectivity index (χ0) is 12.5. The summed E-state index contributed by atoms with van der Waals surface area (Å²) in [6.45, 7) is 2.89. The topological polar surface area (TPSA) is 58.0 Å². The van der Waals surface area contributed by atoms with Crippen LogP contribution in [0.15, 0.2) is 38.9 Å². The first-order chi connectivity index (χ1) is 8.72. The molecule has 0 atom stereocenters. The lowest BCUT2D eigenvalue weighted by Crippen LogP contribution is -1.99. The number of aromatic amines is 1. The summed E-state index contributed by atoms with van der Waals surface area (Å²) in [6.07, 6.45) is 0. The van der Waals surface area contributed by atoms with Crippen LogP contribution in [-0.4, -0.2) is 4.98 Å². The van der Waals surface area contributed by atoms with E-state index in [2.05, 4.69) is 28.7 Å². The minimum Gasteiger partial charge on any atom is -0.408 e. The van der Waals surface area contributed by atoms with E-state index in [1.165, 1.54) is 10.4 Å². The molecular weight excluding hydrogens is 248 g/mol. The molecule has 3 rings (SSSR count). The summed E-state index contributed by atoms with van der Waals surface area (Å²) in [7, 11) is 0. The van der Waals surface area contributed by atoms with Gasteiger partial charge in [0, 0.05) is 17.1 Å². The van der Waals surface area contributed by atoms with Crippen LogP contribution in [0.25, 0.3) is 11.1 Å². The minimum absolute atomic E-state index is 0.421. The molecule has 0 radical (unpaired) electrons. The van der Waals surface area contributed by atoms with Crippen molar-refractivity contribution in [2.75, 3.05) is 5.32 Å². The Morgan fingerprint density at radius 3 is 3.06 bits per heavy atom. The van der Waals surface area contributed by atoms with E-state index in [1.54, 1.807) is 17.4 Å². The van der Waals surface area contributed by atoms with Crippen LogP contribution in [0, 0.1) is 6.92 Å². The summed E-state index contributed by atoms with van der Waals surface area (Å²) >= 11 is 1.74. The van der Waals surface area contributed by atoms with Crippen molar-refractivity contribution in [1.29, 1.82) is 0 Å². The molecule has 2 N–H and O–H groups in total. The third kappa shape index (κ3) is 2.04. The molecule has 0 saturated carbocycles. The lowest BCUT2D eigenvalue weighted by atomic mass is 10.2. The minimum atomic E-state index is -0.421. The summed E-state index contributed by atoms with van der Waals surface area (Å²) in [5.74, 6) is -0.421. The highest BCUT2D eigenvalue weighted by Crippen LogP contribution is 2.19. The average Bonchev–Trinajstić information content (AvgIpc) is 2.90. The zero-order valence-corrected chi connectivity index (χ0v) is 10.6. The van der Waals surface area contributed by atoms with E-state index in [1.807, 2.05) is 12.1 Å². The lowest BCUT2D eigenvalue weighted by molar-refractivity contribution is 0.555. The van der Waals surface area contributed by atoms with E-state index in [0.29, 0.717) is 11.1 Å². The summed E-state index contributed by atoms with van der Waals surface area (Å²) < 4.78 is 4.96. The monoisotopic (exact) mass is 260 g/mol. The van der Waals surface area contributed by atoms with Crippen LogP contribution >= 0.6 is 11.3 Å². The molecular formula is C13H12N2O2S. The number of oxazole rings is 1. The Bertz CT molecular complexity index is 739. The largest absolute Gasteiger partial charge is 0.417 e. The SMILES string of the molecule is Cc1sccc1CNc1ccc2oc(=O)[nH]c2c1. The Kier molecular flexibility index (Phi) is 2.68. The Balaban J connectivity index is 1.82. The summed E-state index contributed by atoms with van der Waals surface area (Å²) in [5.41, 5.74) is 3.55. The molecule has 0 spiro atoms. The molecule has 1 aromatic carbocycles. The molecule has 5 heteroatoms. The number of hydrogen-bond acceptors (Lipinski definition) is 4. The zero-order valence-electron chi connectivity index (χ0n) is 9.82. The number of thiophene rings is 1. The van der Waals surface area contributed by atoms with Crippen molar-refractivity contribution in [3.8, 4) is 0 Å². The van der Waals surface area contributed by atoms with Crippen molar-refractivity contribution in [2.45, 2.75) is 13.5 Å².